The summed E-state index contributed by atoms with van der Waals surface area (Å²) in [6.45, 7) is 2.33. The van der Waals surface area contributed by atoms with Gasteiger partial charge in [0.2, 0.25) is 0 Å². The van der Waals surface area contributed by atoms with Crippen LogP contribution >= 0.6 is 0 Å². The van der Waals surface area contributed by atoms with Crippen molar-refractivity contribution in [3.8, 4) is 11.3 Å². The van der Waals surface area contributed by atoms with Gasteiger partial charge in [0.15, 0.2) is 0 Å². The number of carbonyl (C=O) groups excluding carboxylic acids is 3. The molecule has 5 rings (SSSR count). The molecule has 3 aromatic rings. The van der Waals surface area contributed by atoms with Gasteiger partial charge >= 0.3 is 5.97 Å². The van der Waals surface area contributed by atoms with Crippen LogP contribution in [0.25, 0.3) is 11.3 Å². The van der Waals surface area contributed by atoms with E-state index in [1.807, 2.05) is 30.3 Å². The molecule has 0 aliphatic heterocycles. The lowest BCUT2D eigenvalue weighted by molar-refractivity contribution is -0.154. The first-order chi connectivity index (χ1) is 19.9. The summed E-state index contributed by atoms with van der Waals surface area (Å²) in [6, 6.07) is 19.3. The average Bonchev–Trinajstić information content (AvgIpc) is 3.00. The standard InChI is InChI=1S/C34H37FN2O4/c1-22-18-26(12-16-30(22)34(40)41-21-23-6-3-2-4-7-23)32(38)24-10-14-29(15-11-24)37-33(39)27-13-17-31(36-20-27)25-8-5-9-28(35)19-25/h2-9,13,17,19-20,22,24,26,29-30H,10-12,14-16,18,21H2,1H3,(H,37,39)/t22-,24-,26?,29-,30?/m1/s1. The van der Waals surface area contributed by atoms with E-state index in [0.717, 1.165) is 44.1 Å². The molecule has 214 valence electrons. The number of nitrogens with one attached hydrogen (secondary N) is 1. The van der Waals surface area contributed by atoms with Gasteiger partial charge in [0.05, 0.1) is 17.2 Å². The molecule has 41 heavy (non-hydrogen) atoms. The van der Waals surface area contributed by atoms with Crippen LogP contribution < -0.4 is 5.32 Å². The Labute approximate surface area is 240 Å². The van der Waals surface area contributed by atoms with Crippen LogP contribution in [0.15, 0.2) is 72.9 Å². The number of hydrogen-bond acceptors (Lipinski definition) is 5. The Kier molecular flexibility index (Phi) is 9.22. The average molecular weight is 557 g/mol. The molecular weight excluding hydrogens is 519 g/mol. The number of pyridine rings is 1. The summed E-state index contributed by atoms with van der Waals surface area (Å²) in [5.41, 5.74) is 2.69. The first-order valence-corrected chi connectivity index (χ1v) is 14.6. The number of benzene rings is 2. The van der Waals surface area contributed by atoms with Crippen LogP contribution in [0.1, 0.15) is 67.8 Å². The van der Waals surface area contributed by atoms with Crippen LogP contribution in [0.5, 0.6) is 0 Å². The number of hydrogen-bond donors (Lipinski definition) is 1. The van der Waals surface area contributed by atoms with Crippen molar-refractivity contribution in [2.45, 2.75) is 64.5 Å². The van der Waals surface area contributed by atoms with Crippen molar-refractivity contribution in [2.75, 3.05) is 0 Å². The third-order valence-corrected chi connectivity index (χ3v) is 8.71. The van der Waals surface area contributed by atoms with Crippen LogP contribution in [0.2, 0.25) is 0 Å². The maximum Gasteiger partial charge on any atom is 0.309 e. The molecule has 1 heterocycles. The van der Waals surface area contributed by atoms with Gasteiger partial charge in [-0.05, 0) is 80.7 Å². The van der Waals surface area contributed by atoms with E-state index in [2.05, 4.69) is 17.2 Å². The second kappa shape index (κ2) is 13.2. The van der Waals surface area contributed by atoms with Crippen LogP contribution in [-0.2, 0) is 20.9 Å². The highest BCUT2D eigenvalue weighted by atomic mass is 19.1. The number of halogens is 1. The molecule has 0 bridgehead atoms. The van der Waals surface area contributed by atoms with E-state index in [0.29, 0.717) is 29.0 Å². The van der Waals surface area contributed by atoms with Crippen LogP contribution in [0.3, 0.4) is 0 Å². The summed E-state index contributed by atoms with van der Waals surface area (Å²) < 4.78 is 19.1. The van der Waals surface area contributed by atoms with E-state index in [4.69, 9.17) is 4.74 Å². The van der Waals surface area contributed by atoms with E-state index < -0.39 is 0 Å². The monoisotopic (exact) mass is 556 g/mol. The van der Waals surface area contributed by atoms with E-state index in [1.54, 1.807) is 24.3 Å². The van der Waals surface area contributed by atoms with E-state index in [1.165, 1.54) is 18.3 Å². The number of nitrogens with zero attached hydrogens (tertiary/aromatic N) is 1. The lowest BCUT2D eigenvalue weighted by Gasteiger charge is -2.35. The molecule has 2 unspecified atom stereocenters. The van der Waals surface area contributed by atoms with Gasteiger partial charge in [0, 0.05) is 29.6 Å². The summed E-state index contributed by atoms with van der Waals surface area (Å²) in [4.78, 5) is 43.2. The second-order valence-corrected chi connectivity index (χ2v) is 11.6. The fourth-order valence-electron chi connectivity index (χ4n) is 6.31. The first-order valence-electron chi connectivity index (χ1n) is 14.6. The van der Waals surface area contributed by atoms with Crippen molar-refractivity contribution < 1.29 is 23.5 Å². The highest BCUT2D eigenvalue weighted by Gasteiger charge is 2.39. The van der Waals surface area contributed by atoms with Gasteiger partial charge in [-0.3, -0.25) is 19.4 Å². The predicted octanol–water partition coefficient (Wildman–Crippen LogP) is 6.54. The van der Waals surface area contributed by atoms with E-state index in [9.17, 15) is 18.8 Å². The van der Waals surface area contributed by atoms with E-state index >= 15 is 0 Å². The Bertz CT molecular complexity index is 1350. The Hall–Kier alpha value is -3.87. The molecule has 0 spiro atoms. The van der Waals surface area contributed by atoms with Crippen molar-refractivity contribution in [3.05, 3.63) is 89.9 Å². The topological polar surface area (TPSA) is 85.4 Å². The predicted molar refractivity (Wildman–Crippen MR) is 154 cm³/mol. The highest BCUT2D eigenvalue weighted by Crippen LogP contribution is 2.38. The SMILES string of the molecule is C[C@@H]1CC(C(=O)[C@H]2CC[C@H](NC(=O)c3ccc(-c4cccc(F)c4)nc3)CC2)CCC1C(=O)OCc1ccccc1. The lowest BCUT2D eigenvalue weighted by Crippen LogP contribution is -2.40. The molecule has 0 saturated heterocycles. The molecule has 2 aliphatic carbocycles. The third kappa shape index (κ3) is 7.26. The maximum atomic E-state index is 13.5. The molecule has 6 nitrogen and oxygen atoms in total. The Morgan fingerprint density at radius 1 is 0.902 bits per heavy atom. The molecule has 2 aliphatic rings. The zero-order valence-electron chi connectivity index (χ0n) is 23.4. The van der Waals surface area contributed by atoms with Crippen LogP contribution in [-0.4, -0.2) is 28.7 Å². The zero-order chi connectivity index (χ0) is 28.8. The minimum Gasteiger partial charge on any atom is -0.461 e. The number of rotatable bonds is 8. The summed E-state index contributed by atoms with van der Waals surface area (Å²) in [7, 11) is 0. The van der Waals surface area contributed by atoms with Gasteiger partial charge in [-0.2, -0.15) is 0 Å². The number of aromatic nitrogens is 1. The van der Waals surface area contributed by atoms with Crippen molar-refractivity contribution in [1.82, 2.24) is 10.3 Å². The van der Waals surface area contributed by atoms with E-state index in [-0.39, 0.29) is 54.0 Å². The van der Waals surface area contributed by atoms with Crippen molar-refractivity contribution >= 4 is 17.7 Å². The molecule has 1 amide bonds. The molecular formula is C34H37FN2O4. The first kappa shape index (κ1) is 28.7. The van der Waals surface area contributed by atoms with Gasteiger partial charge in [-0.1, -0.05) is 49.4 Å². The number of ether oxygens (including phenoxy) is 1. The van der Waals surface area contributed by atoms with Crippen molar-refractivity contribution in [1.29, 1.82) is 0 Å². The fraction of sp³-hybridized carbons (Fsp3) is 0.412. The highest BCUT2D eigenvalue weighted by molar-refractivity contribution is 5.94. The molecule has 2 aromatic carbocycles. The minimum atomic E-state index is -0.332. The van der Waals surface area contributed by atoms with Crippen molar-refractivity contribution in [3.63, 3.8) is 0 Å². The van der Waals surface area contributed by atoms with Gasteiger partial charge in [0.25, 0.3) is 5.91 Å². The lowest BCUT2D eigenvalue weighted by atomic mass is 9.69. The van der Waals surface area contributed by atoms with Gasteiger partial charge < -0.3 is 10.1 Å². The summed E-state index contributed by atoms with van der Waals surface area (Å²) in [6.07, 6.45) is 6.67. The number of carbonyl (C=O) groups is 3. The van der Waals surface area contributed by atoms with Crippen LogP contribution in [0, 0.1) is 29.5 Å². The molecule has 7 heteroatoms. The molecule has 1 N–H and O–H groups in total. The number of amides is 1. The van der Waals surface area contributed by atoms with Gasteiger partial charge in [0.1, 0.15) is 18.2 Å². The molecule has 3 atom stereocenters. The minimum absolute atomic E-state index is 0.00847. The molecule has 1 aromatic heterocycles. The third-order valence-electron chi connectivity index (χ3n) is 8.71. The van der Waals surface area contributed by atoms with Gasteiger partial charge in [-0.25, -0.2) is 4.39 Å². The normalized spacial score (nSPS) is 24.3. The Morgan fingerprint density at radius 3 is 2.34 bits per heavy atom. The number of esters is 1. The Morgan fingerprint density at radius 2 is 1.66 bits per heavy atom. The summed E-state index contributed by atoms with van der Waals surface area (Å²) in [5.74, 6) is -0.428. The van der Waals surface area contributed by atoms with Crippen molar-refractivity contribution in [2.24, 2.45) is 23.7 Å². The quantitative estimate of drug-likeness (QED) is 0.319. The molecule has 2 saturated carbocycles. The zero-order valence-corrected chi connectivity index (χ0v) is 23.4. The second-order valence-electron chi connectivity index (χ2n) is 11.6. The smallest absolute Gasteiger partial charge is 0.309 e. The Balaban J connectivity index is 1.06. The largest absolute Gasteiger partial charge is 0.461 e. The van der Waals surface area contributed by atoms with Crippen LogP contribution in [0.4, 0.5) is 4.39 Å². The maximum absolute atomic E-state index is 13.5. The number of ketones is 1. The molecule has 0 radical (unpaired) electrons. The summed E-state index contributed by atoms with van der Waals surface area (Å²) >= 11 is 0. The summed E-state index contributed by atoms with van der Waals surface area (Å²) in [5, 5.41) is 3.09. The van der Waals surface area contributed by atoms with Gasteiger partial charge in [-0.15, -0.1) is 0 Å². The number of Topliss-reactive ketones (excluding diaryl/α,β-unsaturated/α-hetero) is 1. The molecule has 2 fully saturated rings. The fourth-order valence-corrected chi connectivity index (χ4v) is 6.31.